The number of hydrogen-bond donors (Lipinski definition) is 2. The Morgan fingerprint density at radius 3 is 2.37 bits per heavy atom. The van der Waals surface area contributed by atoms with Crippen molar-refractivity contribution in [3.63, 3.8) is 0 Å². The number of nitrogens with one attached hydrogen (secondary N) is 2. The van der Waals surface area contributed by atoms with Crippen LogP contribution in [-0.2, 0) is 19.4 Å². The van der Waals surface area contributed by atoms with Gasteiger partial charge in [0.2, 0.25) is 5.91 Å². The Morgan fingerprint density at radius 2 is 1.78 bits per heavy atom. The van der Waals surface area contributed by atoms with Crippen LogP contribution in [0.15, 0.2) is 18.2 Å². The van der Waals surface area contributed by atoms with E-state index < -0.39 is 39.0 Å². The van der Waals surface area contributed by atoms with E-state index >= 15 is 0 Å². The summed E-state index contributed by atoms with van der Waals surface area (Å²) in [6, 6.07) is 3.35. The fraction of sp³-hybridized carbons (Fsp3) is 0.556. The molecule has 0 atom stereocenters. The number of ether oxygens (including phenoxy) is 1. The molecule has 0 heterocycles. The van der Waals surface area contributed by atoms with Gasteiger partial charge in [0.25, 0.3) is 0 Å². The summed E-state index contributed by atoms with van der Waals surface area (Å²) in [6.45, 7) is 7.00. The molecule has 0 spiro atoms. The summed E-state index contributed by atoms with van der Waals surface area (Å²) in [4.78, 5) is 24.0. The number of carbonyl (C=O) groups is 2. The summed E-state index contributed by atoms with van der Waals surface area (Å²) < 4.78 is 42.6. The van der Waals surface area contributed by atoms with Crippen molar-refractivity contribution in [2.45, 2.75) is 52.6 Å². The topological polar surface area (TPSA) is 102 Å². The Hall–Kier alpha value is -2.16. The van der Waals surface area contributed by atoms with Crippen LogP contribution in [0.3, 0.4) is 0 Å². The molecule has 9 heteroatoms. The Kier molecular flexibility index (Phi) is 8.20. The fourth-order valence-electron chi connectivity index (χ4n) is 2.17. The van der Waals surface area contributed by atoms with Gasteiger partial charge in [-0.1, -0.05) is 19.8 Å². The van der Waals surface area contributed by atoms with E-state index in [4.69, 9.17) is 4.74 Å². The number of rotatable bonds is 8. The highest BCUT2D eigenvalue weighted by Gasteiger charge is 2.20. The molecule has 0 aliphatic rings. The lowest BCUT2D eigenvalue weighted by molar-refractivity contribution is -0.113. The molecule has 152 valence electrons. The summed E-state index contributed by atoms with van der Waals surface area (Å²) in [5.41, 5.74) is -0.683. The minimum Gasteiger partial charge on any atom is -0.444 e. The molecule has 0 aromatic heterocycles. The molecule has 0 aliphatic heterocycles. The van der Waals surface area contributed by atoms with E-state index in [2.05, 4.69) is 10.6 Å². The molecule has 0 saturated carbocycles. The quantitative estimate of drug-likeness (QED) is 0.646. The summed E-state index contributed by atoms with van der Waals surface area (Å²) in [5.74, 6) is -2.24. The van der Waals surface area contributed by atoms with Gasteiger partial charge in [0, 0.05) is 0 Å². The van der Waals surface area contributed by atoms with Crippen LogP contribution in [0.2, 0.25) is 0 Å². The molecule has 1 aromatic carbocycles. The Morgan fingerprint density at radius 1 is 1.11 bits per heavy atom. The van der Waals surface area contributed by atoms with Gasteiger partial charge < -0.3 is 10.1 Å². The molecule has 27 heavy (non-hydrogen) atoms. The number of benzene rings is 1. The minimum atomic E-state index is -3.56. The number of halogens is 1. The first-order chi connectivity index (χ1) is 12.4. The van der Waals surface area contributed by atoms with Crippen LogP contribution in [0.25, 0.3) is 0 Å². The Bertz CT molecular complexity index is 772. The predicted octanol–water partition coefficient (Wildman–Crippen LogP) is 3.72. The number of amides is 2. The zero-order valence-electron chi connectivity index (χ0n) is 16.1. The van der Waals surface area contributed by atoms with Crippen molar-refractivity contribution in [3.8, 4) is 0 Å². The molecule has 2 N–H and O–H groups in total. The first-order valence-electron chi connectivity index (χ1n) is 8.71. The molecule has 0 radical (unpaired) electrons. The highest BCUT2D eigenvalue weighted by Crippen LogP contribution is 2.24. The lowest BCUT2D eigenvalue weighted by Crippen LogP contribution is -2.28. The largest absolute Gasteiger partial charge is 0.444 e. The second-order valence-corrected chi connectivity index (χ2v) is 9.35. The Labute approximate surface area is 159 Å². The van der Waals surface area contributed by atoms with E-state index in [1.54, 1.807) is 20.8 Å². The van der Waals surface area contributed by atoms with Gasteiger partial charge in [-0.25, -0.2) is 17.6 Å². The highest BCUT2D eigenvalue weighted by molar-refractivity contribution is 7.92. The molecule has 0 saturated heterocycles. The van der Waals surface area contributed by atoms with Crippen molar-refractivity contribution in [2.75, 3.05) is 22.1 Å². The second-order valence-electron chi connectivity index (χ2n) is 7.16. The van der Waals surface area contributed by atoms with Gasteiger partial charge in [-0.15, -0.1) is 0 Å². The lowest BCUT2D eigenvalue weighted by atomic mass is 10.2. The molecule has 1 aromatic rings. The zero-order chi connectivity index (χ0) is 20.7. The number of anilines is 2. The van der Waals surface area contributed by atoms with Gasteiger partial charge >= 0.3 is 6.09 Å². The van der Waals surface area contributed by atoms with E-state index in [1.165, 1.54) is 6.07 Å². The van der Waals surface area contributed by atoms with Crippen molar-refractivity contribution < 1.29 is 27.1 Å². The Balaban J connectivity index is 2.83. The van der Waals surface area contributed by atoms with Gasteiger partial charge in [0.1, 0.15) is 17.2 Å². The number of carbonyl (C=O) groups excluding carboxylic acids is 2. The van der Waals surface area contributed by atoms with Crippen LogP contribution in [0.1, 0.15) is 47.0 Å². The third-order valence-electron chi connectivity index (χ3n) is 3.30. The molecular weight excluding hydrogens is 375 g/mol. The molecule has 0 fully saturated rings. The average molecular weight is 402 g/mol. The third kappa shape index (κ3) is 9.37. The average Bonchev–Trinajstić information content (AvgIpc) is 2.47. The predicted molar refractivity (Wildman–Crippen MR) is 103 cm³/mol. The SMILES string of the molecule is CCCCCS(=O)(=O)CC(=O)Nc1cc(F)ccc1NC(=O)OC(C)(C)C. The van der Waals surface area contributed by atoms with Crippen molar-refractivity contribution >= 4 is 33.2 Å². The van der Waals surface area contributed by atoms with Crippen molar-refractivity contribution in [2.24, 2.45) is 0 Å². The monoisotopic (exact) mass is 402 g/mol. The summed E-state index contributed by atoms with van der Waals surface area (Å²) in [6.07, 6.45) is 1.33. The van der Waals surface area contributed by atoms with Crippen molar-refractivity contribution in [1.29, 1.82) is 0 Å². The van der Waals surface area contributed by atoms with Gasteiger partial charge in [0.05, 0.1) is 17.1 Å². The number of hydrogen-bond acceptors (Lipinski definition) is 5. The summed E-state index contributed by atoms with van der Waals surface area (Å²) >= 11 is 0. The lowest BCUT2D eigenvalue weighted by Gasteiger charge is -2.20. The van der Waals surface area contributed by atoms with Crippen LogP contribution in [0.4, 0.5) is 20.6 Å². The number of sulfone groups is 1. The van der Waals surface area contributed by atoms with Gasteiger partial charge in [-0.2, -0.15) is 0 Å². The van der Waals surface area contributed by atoms with Crippen LogP contribution in [0.5, 0.6) is 0 Å². The molecule has 1 rings (SSSR count). The van der Waals surface area contributed by atoms with E-state index in [-0.39, 0.29) is 17.1 Å². The van der Waals surface area contributed by atoms with Crippen LogP contribution in [-0.4, -0.2) is 37.5 Å². The van der Waals surface area contributed by atoms with Gasteiger partial charge in [-0.05, 0) is 45.4 Å². The van der Waals surface area contributed by atoms with E-state index in [1.807, 2.05) is 6.92 Å². The molecule has 0 bridgehead atoms. The molecule has 0 unspecified atom stereocenters. The van der Waals surface area contributed by atoms with Crippen LogP contribution in [0, 0.1) is 5.82 Å². The van der Waals surface area contributed by atoms with Crippen molar-refractivity contribution in [3.05, 3.63) is 24.0 Å². The second kappa shape index (κ2) is 9.68. The van der Waals surface area contributed by atoms with Gasteiger partial charge in [-0.3, -0.25) is 10.1 Å². The minimum absolute atomic E-state index is 0.0467. The highest BCUT2D eigenvalue weighted by atomic mass is 32.2. The molecule has 7 nitrogen and oxygen atoms in total. The summed E-state index contributed by atoms with van der Waals surface area (Å²) in [5, 5.41) is 4.75. The normalized spacial score (nSPS) is 11.7. The van der Waals surface area contributed by atoms with Crippen molar-refractivity contribution in [1.82, 2.24) is 0 Å². The maximum atomic E-state index is 13.5. The van der Waals surface area contributed by atoms with Crippen LogP contribution < -0.4 is 10.6 Å². The fourth-order valence-corrected chi connectivity index (χ4v) is 3.43. The molecule has 2 amide bonds. The third-order valence-corrected chi connectivity index (χ3v) is 4.91. The summed E-state index contributed by atoms with van der Waals surface area (Å²) in [7, 11) is -3.56. The molecular formula is C18H27FN2O5S. The first-order valence-corrected chi connectivity index (χ1v) is 10.5. The van der Waals surface area contributed by atoms with E-state index in [0.717, 1.165) is 25.0 Å². The smallest absolute Gasteiger partial charge is 0.412 e. The first kappa shape index (κ1) is 22.9. The molecule has 0 aliphatic carbocycles. The maximum absolute atomic E-state index is 13.5. The van der Waals surface area contributed by atoms with Gasteiger partial charge in [0.15, 0.2) is 9.84 Å². The standard InChI is InChI=1S/C18H27FN2O5S/c1-5-6-7-10-27(24,25)12-16(22)20-15-11-13(19)8-9-14(15)21-17(23)26-18(2,3)4/h8-9,11H,5-7,10,12H2,1-4H3,(H,20,22)(H,21,23). The number of unbranched alkanes of at least 4 members (excludes halogenated alkanes) is 2. The van der Waals surface area contributed by atoms with E-state index in [9.17, 15) is 22.4 Å². The zero-order valence-corrected chi connectivity index (χ0v) is 16.9. The van der Waals surface area contributed by atoms with E-state index in [0.29, 0.717) is 6.42 Å². The maximum Gasteiger partial charge on any atom is 0.412 e. The van der Waals surface area contributed by atoms with Crippen LogP contribution >= 0.6 is 0 Å².